The fourth-order valence-electron chi connectivity index (χ4n) is 5.44. The molecule has 0 aliphatic heterocycles. The number of nitrogens with one attached hydrogen (secondary N) is 1. The van der Waals surface area contributed by atoms with Crippen molar-refractivity contribution in [2.75, 3.05) is 7.05 Å². The molecule has 292 valence electrons. The molecule has 0 saturated carbocycles. The Morgan fingerprint density at radius 3 is 1.08 bits per heavy atom. The van der Waals surface area contributed by atoms with Gasteiger partial charge in [-0.25, -0.2) is 0 Å². The summed E-state index contributed by atoms with van der Waals surface area (Å²) in [6, 6.07) is 0.314. The average Bonchev–Trinajstić information content (AvgIpc) is 3.08. The van der Waals surface area contributed by atoms with Crippen LogP contribution in [0.25, 0.3) is 0 Å². The van der Waals surface area contributed by atoms with Crippen LogP contribution < -0.4 is 5.32 Å². The number of esters is 2. The van der Waals surface area contributed by atoms with E-state index in [0.29, 0.717) is 18.9 Å². The van der Waals surface area contributed by atoms with Crippen molar-refractivity contribution in [1.29, 1.82) is 0 Å². The molecule has 0 aromatic heterocycles. The third-order valence-electron chi connectivity index (χ3n) is 8.22. The van der Waals surface area contributed by atoms with E-state index < -0.39 is 0 Å². The van der Waals surface area contributed by atoms with E-state index in [1.807, 2.05) is 20.9 Å². The summed E-state index contributed by atoms with van der Waals surface area (Å²) in [6.07, 6.45) is 29.7. The molecule has 2 unspecified atom stereocenters. The first kappa shape index (κ1) is 53.7. The lowest BCUT2D eigenvalue weighted by Crippen LogP contribution is -2.26. The van der Waals surface area contributed by atoms with Gasteiger partial charge < -0.3 is 14.8 Å². The van der Waals surface area contributed by atoms with Crippen molar-refractivity contribution in [3.63, 3.8) is 0 Å². The first-order valence-electron chi connectivity index (χ1n) is 21.4. The Morgan fingerprint density at radius 1 is 0.458 bits per heavy atom. The first-order chi connectivity index (χ1) is 23.3. The van der Waals surface area contributed by atoms with Crippen molar-refractivity contribution in [2.45, 2.75) is 261 Å². The molecular weight excluding hydrogens is 594 g/mol. The fraction of sp³-hybridized carbons (Fsp3) is 0.953. The van der Waals surface area contributed by atoms with Crippen LogP contribution in [0.15, 0.2) is 0 Å². The standard InChI is InChI=1S/C35H69NO4.2C3H8.C2H6/c1-6-10-13-16-19-26-32(9-4)39-34(37)29-22-24-31(36-5)25-23-30-35(38)40-33(27-20-17-14-11-7-2)28-21-18-15-12-8-3;2*1-3-2;1-2/h31-33,36H,6-30H2,1-5H3;2*3H2,1-2H3;1-2H3. The van der Waals surface area contributed by atoms with Crippen LogP contribution in [0.1, 0.15) is 243 Å². The lowest BCUT2D eigenvalue weighted by atomic mass is 10.0. The molecule has 0 aliphatic rings. The molecule has 0 radical (unpaired) electrons. The van der Waals surface area contributed by atoms with Gasteiger partial charge in [0.25, 0.3) is 0 Å². The Labute approximate surface area is 303 Å². The SMILES string of the molecule is CC.CCC.CCC.CCCCCCCC(CC)OC(=O)CCCC(CCCC(=O)OC(CCCCCCC)CCCCCCC)NC. The van der Waals surface area contributed by atoms with E-state index in [-0.39, 0.29) is 24.1 Å². The normalized spacial score (nSPS) is 11.7. The Hall–Kier alpha value is -1.10. The highest BCUT2D eigenvalue weighted by molar-refractivity contribution is 5.69. The lowest BCUT2D eigenvalue weighted by molar-refractivity contribution is -0.150. The zero-order chi connectivity index (χ0) is 37.1. The summed E-state index contributed by atoms with van der Waals surface area (Å²) in [6.45, 7) is 21.3. The van der Waals surface area contributed by atoms with Crippen molar-refractivity contribution in [2.24, 2.45) is 0 Å². The Bertz CT molecular complexity index is 581. The minimum Gasteiger partial charge on any atom is -0.462 e. The minimum atomic E-state index is -0.0609. The number of carbonyl (C=O) groups excluding carboxylic acids is 2. The molecule has 5 nitrogen and oxygen atoms in total. The molecule has 0 rings (SSSR count). The van der Waals surface area contributed by atoms with E-state index in [0.717, 1.165) is 70.6 Å². The van der Waals surface area contributed by atoms with E-state index in [1.54, 1.807) is 0 Å². The average molecular weight is 686 g/mol. The number of unbranched alkanes of at least 4 members (excludes halogenated alkanes) is 12. The molecule has 5 heteroatoms. The van der Waals surface area contributed by atoms with Crippen LogP contribution in [-0.2, 0) is 19.1 Å². The second-order valence-corrected chi connectivity index (χ2v) is 13.4. The Morgan fingerprint density at radius 2 is 0.771 bits per heavy atom. The van der Waals surface area contributed by atoms with Crippen molar-refractivity contribution in [1.82, 2.24) is 5.32 Å². The number of rotatable bonds is 30. The van der Waals surface area contributed by atoms with Gasteiger partial charge in [-0.3, -0.25) is 9.59 Å². The highest BCUT2D eigenvalue weighted by Gasteiger charge is 2.16. The monoisotopic (exact) mass is 686 g/mol. The van der Waals surface area contributed by atoms with Gasteiger partial charge >= 0.3 is 11.9 Å². The number of hydrogen-bond acceptors (Lipinski definition) is 5. The highest BCUT2D eigenvalue weighted by atomic mass is 16.5. The summed E-state index contributed by atoms with van der Waals surface area (Å²) < 4.78 is 11.7. The van der Waals surface area contributed by atoms with Crippen molar-refractivity contribution in [3.05, 3.63) is 0 Å². The molecule has 0 bridgehead atoms. The predicted octanol–water partition coefficient (Wildman–Crippen LogP) is 14.1. The zero-order valence-electron chi connectivity index (χ0n) is 35.0. The smallest absolute Gasteiger partial charge is 0.306 e. The van der Waals surface area contributed by atoms with Gasteiger partial charge in [0, 0.05) is 18.9 Å². The van der Waals surface area contributed by atoms with E-state index in [4.69, 9.17) is 9.47 Å². The number of carbonyl (C=O) groups is 2. The predicted molar refractivity (Wildman–Crippen MR) is 214 cm³/mol. The lowest BCUT2D eigenvalue weighted by Gasteiger charge is -2.19. The van der Waals surface area contributed by atoms with Crippen LogP contribution in [0.4, 0.5) is 0 Å². The molecule has 0 fully saturated rings. The van der Waals surface area contributed by atoms with Gasteiger partial charge in [-0.05, 0) is 77.7 Å². The van der Waals surface area contributed by atoms with Gasteiger partial charge in [0.15, 0.2) is 0 Å². The summed E-state index contributed by atoms with van der Waals surface area (Å²) in [5, 5.41) is 3.37. The number of hydrogen-bond donors (Lipinski definition) is 1. The van der Waals surface area contributed by atoms with Gasteiger partial charge in [0.05, 0.1) is 0 Å². The summed E-state index contributed by atoms with van der Waals surface area (Å²) in [5.41, 5.74) is 0. The molecule has 48 heavy (non-hydrogen) atoms. The van der Waals surface area contributed by atoms with Crippen LogP contribution in [0, 0.1) is 0 Å². The van der Waals surface area contributed by atoms with Crippen LogP contribution in [0.5, 0.6) is 0 Å². The molecule has 0 saturated heterocycles. The highest BCUT2D eigenvalue weighted by Crippen LogP contribution is 2.18. The second kappa shape index (κ2) is 48.0. The van der Waals surface area contributed by atoms with Gasteiger partial charge in [0.1, 0.15) is 12.2 Å². The Kier molecular flexibility index (Phi) is 53.7. The third-order valence-corrected chi connectivity index (χ3v) is 8.22. The zero-order valence-corrected chi connectivity index (χ0v) is 35.0. The molecule has 0 aliphatic carbocycles. The van der Waals surface area contributed by atoms with Gasteiger partial charge in [-0.2, -0.15) is 0 Å². The topological polar surface area (TPSA) is 64.6 Å². The molecule has 0 amide bonds. The summed E-state index contributed by atoms with van der Waals surface area (Å²) >= 11 is 0. The van der Waals surface area contributed by atoms with Crippen molar-refractivity contribution < 1.29 is 19.1 Å². The minimum absolute atomic E-state index is 0.0363. The largest absolute Gasteiger partial charge is 0.462 e. The van der Waals surface area contributed by atoms with Crippen LogP contribution >= 0.6 is 0 Å². The quantitative estimate of drug-likeness (QED) is 0.0602. The Balaban J connectivity index is -0.00000110. The summed E-state index contributed by atoms with van der Waals surface area (Å²) in [7, 11) is 1.97. The van der Waals surface area contributed by atoms with Crippen molar-refractivity contribution >= 4 is 11.9 Å². The van der Waals surface area contributed by atoms with Crippen LogP contribution in [0.2, 0.25) is 0 Å². The van der Waals surface area contributed by atoms with Gasteiger partial charge in [-0.15, -0.1) is 0 Å². The molecular formula is C43H91NO4. The fourth-order valence-corrected chi connectivity index (χ4v) is 5.44. The third kappa shape index (κ3) is 44.9. The van der Waals surface area contributed by atoms with E-state index in [2.05, 4.69) is 60.7 Å². The summed E-state index contributed by atoms with van der Waals surface area (Å²) in [5.74, 6) is -0.0971. The van der Waals surface area contributed by atoms with Gasteiger partial charge in [-0.1, -0.05) is 159 Å². The molecule has 0 heterocycles. The molecule has 2 atom stereocenters. The van der Waals surface area contributed by atoms with E-state index >= 15 is 0 Å². The number of ether oxygens (including phenoxy) is 2. The van der Waals surface area contributed by atoms with Crippen LogP contribution in [-0.4, -0.2) is 37.2 Å². The molecule has 0 spiro atoms. The maximum atomic E-state index is 12.7. The molecule has 0 aromatic rings. The first-order valence-corrected chi connectivity index (χ1v) is 21.4. The summed E-state index contributed by atoms with van der Waals surface area (Å²) in [4.78, 5) is 25.0. The van der Waals surface area contributed by atoms with Crippen molar-refractivity contribution in [3.8, 4) is 0 Å². The molecule has 1 N–H and O–H groups in total. The maximum absolute atomic E-state index is 12.7. The van der Waals surface area contributed by atoms with Gasteiger partial charge in [0.2, 0.25) is 0 Å². The maximum Gasteiger partial charge on any atom is 0.306 e. The molecule has 0 aromatic carbocycles. The van der Waals surface area contributed by atoms with Crippen LogP contribution in [0.3, 0.4) is 0 Å². The second-order valence-electron chi connectivity index (χ2n) is 13.4. The van der Waals surface area contributed by atoms with E-state index in [9.17, 15) is 9.59 Å². The van der Waals surface area contributed by atoms with E-state index in [1.165, 1.54) is 89.9 Å².